The SMILES string of the molecule is C1CCC2CCCCC2C1.Cl. The van der Waals surface area contributed by atoms with Crippen LogP contribution in [0.1, 0.15) is 51.4 Å². The maximum Gasteiger partial charge on any atom is -0.0386 e. The molecule has 2 saturated carbocycles. The van der Waals surface area contributed by atoms with Gasteiger partial charge in [-0.3, -0.25) is 0 Å². The van der Waals surface area contributed by atoms with E-state index < -0.39 is 0 Å². The Morgan fingerprint density at radius 3 is 1.09 bits per heavy atom. The molecule has 0 aromatic heterocycles. The monoisotopic (exact) mass is 174 g/mol. The summed E-state index contributed by atoms with van der Waals surface area (Å²) >= 11 is 0. The van der Waals surface area contributed by atoms with E-state index in [4.69, 9.17) is 0 Å². The normalized spacial score (nSPS) is 37.1. The van der Waals surface area contributed by atoms with Gasteiger partial charge in [0, 0.05) is 0 Å². The molecule has 0 heterocycles. The Balaban J connectivity index is 0.000000605. The van der Waals surface area contributed by atoms with Gasteiger partial charge in [0.15, 0.2) is 0 Å². The predicted molar refractivity (Wildman–Crippen MR) is 51.2 cm³/mol. The van der Waals surface area contributed by atoms with Gasteiger partial charge < -0.3 is 0 Å². The number of hydrogen-bond acceptors (Lipinski definition) is 0. The van der Waals surface area contributed by atoms with Crippen LogP contribution < -0.4 is 0 Å². The summed E-state index contributed by atoms with van der Waals surface area (Å²) < 4.78 is 0. The first kappa shape index (κ1) is 9.38. The molecule has 0 aromatic carbocycles. The third-order valence-corrected chi connectivity index (χ3v) is 3.47. The maximum absolute atomic E-state index is 1.56. The van der Waals surface area contributed by atoms with Crippen LogP contribution in [0.25, 0.3) is 0 Å². The van der Waals surface area contributed by atoms with Crippen LogP contribution in [0.15, 0.2) is 0 Å². The molecular formula is C10H19Cl. The molecular weight excluding hydrogens is 156 g/mol. The molecule has 11 heavy (non-hydrogen) atoms. The van der Waals surface area contributed by atoms with Crippen molar-refractivity contribution >= 4 is 12.4 Å². The Morgan fingerprint density at radius 1 is 0.545 bits per heavy atom. The van der Waals surface area contributed by atoms with Crippen molar-refractivity contribution in [3.8, 4) is 0 Å². The van der Waals surface area contributed by atoms with Crippen molar-refractivity contribution < 1.29 is 0 Å². The quantitative estimate of drug-likeness (QED) is 0.524. The summed E-state index contributed by atoms with van der Waals surface area (Å²) in [6.07, 6.45) is 12.4. The summed E-state index contributed by atoms with van der Waals surface area (Å²) in [7, 11) is 0. The Kier molecular flexibility index (Phi) is 3.71. The smallest absolute Gasteiger partial charge is 0.0386 e. The summed E-state index contributed by atoms with van der Waals surface area (Å²) in [6.45, 7) is 0. The molecule has 0 N–H and O–H groups in total. The van der Waals surface area contributed by atoms with Crippen LogP contribution in [0.5, 0.6) is 0 Å². The van der Waals surface area contributed by atoms with Crippen LogP contribution in [0.4, 0.5) is 0 Å². The largest absolute Gasteiger partial charge is 0.147 e. The van der Waals surface area contributed by atoms with E-state index in [-0.39, 0.29) is 12.4 Å². The molecule has 0 amide bonds. The molecule has 0 aromatic rings. The minimum atomic E-state index is 0. The van der Waals surface area contributed by atoms with Crippen LogP contribution >= 0.6 is 12.4 Å². The topological polar surface area (TPSA) is 0 Å². The van der Waals surface area contributed by atoms with E-state index in [1.807, 2.05) is 0 Å². The van der Waals surface area contributed by atoms with Crippen LogP contribution in [0.2, 0.25) is 0 Å². The molecule has 0 radical (unpaired) electrons. The Labute approximate surface area is 76.2 Å². The van der Waals surface area contributed by atoms with Gasteiger partial charge >= 0.3 is 0 Å². The van der Waals surface area contributed by atoms with Crippen molar-refractivity contribution in [3.05, 3.63) is 0 Å². The summed E-state index contributed by atoms with van der Waals surface area (Å²) in [5.74, 6) is 2.31. The van der Waals surface area contributed by atoms with Crippen LogP contribution in [0, 0.1) is 11.8 Å². The van der Waals surface area contributed by atoms with Crippen molar-refractivity contribution in [1.29, 1.82) is 0 Å². The zero-order valence-corrected chi connectivity index (χ0v) is 8.04. The van der Waals surface area contributed by atoms with E-state index in [0.717, 1.165) is 11.8 Å². The molecule has 2 fully saturated rings. The number of halogens is 1. The van der Waals surface area contributed by atoms with Gasteiger partial charge in [0.05, 0.1) is 0 Å². The lowest BCUT2D eigenvalue weighted by atomic mass is 9.71. The van der Waals surface area contributed by atoms with E-state index in [0.29, 0.717) is 0 Å². The van der Waals surface area contributed by atoms with Gasteiger partial charge in [0.2, 0.25) is 0 Å². The molecule has 2 aliphatic carbocycles. The van der Waals surface area contributed by atoms with Crippen molar-refractivity contribution in [3.63, 3.8) is 0 Å². The van der Waals surface area contributed by atoms with Gasteiger partial charge in [-0.25, -0.2) is 0 Å². The fourth-order valence-corrected chi connectivity index (χ4v) is 2.86. The number of rotatable bonds is 0. The number of fused-ring (bicyclic) bond motifs is 1. The molecule has 0 bridgehead atoms. The molecule has 0 unspecified atom stereocenters. The van der Waals surface area contributed by atoms with E-state index in [1.54, 1.807) is 25.7 Å². The Hall–Kier alpha value is 0.290. The molecule has 0 atom stereocenters. The Bertz CT molecular complexity index is 85.4. The first-order valence-corrected chi connectivity index (χ1v) is 4.97. The number of hydrogen-bond donors (Lipinski definition) is 0. The molecule has 0 aliphatic heterocycles. The Morgan fingerprint density at radius 2 is 0.818 bits per heavy atom. The third-order valence-electron chi connectivity index (χ3n) is 3.47. The van der Waals surface area contributed by atoms with Crippen LogP contribution in [0.3, 0.4) is 0 Å². The molecule has 66 valence electrons. The lowest BCUT2D eigenvalue weighted by molar-refractivity contribution is 0.171. The highest BCUT2D eigenvalue weighted by molar-refractivity contribution is 5.85. The van der Waals surface area contributed by atoms with E-state index in [1.165, 1.54) is 25.7 Å². The maximum atomic E-state index is 1.56. The molecule has 1 heteroatoms. The molecule has 0 spiro atoms. The molecule has 2 aliphatic rings. The van der Waals surface area contributed by atoms with E-state index in [9.17, 15) is 0 Å². The zero-order valence-electron chi connectivity index (χ0n) is 7.22. The standard InChI is InChI=1S/C10H18.ClH/c1-2-6-10-8-4-3-7-9(10)5-1;/h9-10H,1-8H2;1H. The van der Waals surface area contributed by atoms with Gasteiger partial charge in [-0.05, 0) is 11.8 Å². The first-order valence-electron chi connectivity index (χ1n) is 4.97. The summed E-state index contributed by atoms with van der Waals surface area (Å²) in [5, 5.41) is 0. The molecule has 0 nitrogen and oxygen atoms in total. The van der Waals surface area contributed by atoms with Crippen LogP contribution in [-0.4, -0.2) is 0 Å². The highest BCUT2D eigenvalue weighted by atomic mass is 35.5. The van der Waals surface area contributed by atoms with Crippen molar-refractivity contribution in [2.45, 2.75) is 51.4 Å². The van der Waals surface area contributed by atoms with Gasteiger partial charge in [-0.15, -0.1) is 12.4 Å². The highest BCUT2D eigenvalue weighted by Crippen LogP contribution is 2.39. The average molecular weight is 175 g/mol. The van der Waals surface area contributed by atoms with E-state index >= 15 is 0 Å². The minimum absolute atomic E-state index is 0. The predicted octanol–water partition coefficient (Wildman–Crippen LogP) is 3.79. The second-order valence-corrected chi connectivity index (χ2v) is 4.09. The van der Waals surface area contributed by atoms with Gasteiger partial charge in [-0.1, -0.05) is 51.4 Å². The fraction of sp³-hybridized carbons (Fsp3) is 1.00. The first-order chi connectivity index (χ1) is 4.97. The zero-order chi connectivity index (χ0) is 6.81. The minimum Gasteiger partial charge on any atom is -0.147 e. The van der Waals surface area contributed by atoms with Crippen molar-refractivity contribution in [1.82, 2.24) is 0 Å². The highest BCUT2D eigenvalue weighted by Gasteiger charge is 2.26. The molecule has 0 saturated heterocycles. The second-order valence-electron chi connectivity index (χ2n) is 4.09. The second kappa shape index (κ2) is 4.35. The van der Waals surface area contributed by atoms with Crippen LogP contribution in [-0.2, 0) is 0 Å². The van der Waals surface area contributed by atoms with Gasteiger partial charge in [0.25, 0.3) is 0 Å². The van der Waals surface area contributed by atoms with Crippen molar-refractivity contribution in [2.24, 2.45) is 11.8 Å². The summed E-state index contributed by atoms with van der Waals surface area (Å²) in [6, 6.07) is 0. The van der Waals surface area contributed by atoms with E-state index in [2.05, 4.69) is 0 Å². The fourth-order valence-electron chi connectivity index (χ4n) is 2.86. The van der Waals surface area contributed by atoms with Gasteiger partial charge in [-0.2, -0.15) is 0 Å². The summed E-state index contributed by atoms with van der Waals surface area (Å²) in [5.41, 5.74) is 0. The third kappa shape index (κ3) is 2.11. The van der Waals surface area contributed by atoms with Crippen molar-refractivity contribution in [2.75, 3.05) is 0 Å². The lowest BCUT2D eigenvalue weighted by Crippen LogP contribution is -2.22. The average Bonchev–Trinajstić information content (AvgIpc) is 2.05. The lowest BCUT2D eigenvalue weighted by Gasteiger charge is -2.35. The molecule has 2 rings (SSSR count). The van der Waals surface area contributed by atoms with Gasteiger partial charge in [0.1, 0.15) is 0 Å². The summed E-state index contributed by atoms with van der Waals surface area (Å²) in [4.78, 5) is 0.